The molecule has 2 aromatic rings. The lowest BCUT2D eigenvalue weighted by Gasteiger charge is -2.32. The van der Waals surface area contributed by atoms with Crippen molar-refractivity contribution in [2.45, 2.75) is 26.3 Å². The van der Waals surface area contributed by atoms with Gasteiger partial charge in [-0.15, -0.1) is 0 Å². The Morgan fingerprint density at radius 3 is 2.24 bits per heavy atom. The quantitative estimate of drug-likeness (QED) is 0.734. The fourth-order valence-corrected chi connectivity index (χ4v) is 3.91. The van der Waals surface area contributed by atoms with Crippen LogP contribution in [0.5, 0.6) is 0 Å². The molecule has 0 unspecified atom stereocenters. The predicted molar refractivity (Wildman–Crippen MR) is 105 cm³/mol. The number of rotatable bonds is 4. The molecule has 0 saturated carbocycles. The molecule has 0 spiro atoms. The number of imide groups is 1. The van der Waals surface area contributed by atoms with Crippen LogP contribution in [0.1, 0.15) is 30.9 Å². The van der Waals surface area contributed by atoms with Gasteiger partial charge in [0, 0.05) is 18.7 Å². The Morgan fingerprint density at radius 1 is 0.931 bits per heavy atom. The Kier molecular flexibility index (Phi) is 5.18. The van der Waals surface area contributed by atoms with Crippen molar-refractivity contribution in [2.75, 3.05) is 13.1 Å². The minimum Gasteiger partial charge on any atom is -0.366 e. The second-order valence-corrected chi connectivity index (χ2v) is 7.69. The average Bonchev–Trinajstić information content (AvgIpc) is 2.96. The van der Waals surface area contributed by atoms with E-state index in [-0.39, 0.29) is 17.7 Å². The van der Waals surface area contributed by atoms with Gasteiger partial charge in [-0.25, -0.2) is 8.78 Å². The lowest BCUT2D eigenvalue weighted by molar-refractivity contribution is -0.138. The van der Waals surface area contributed by atoms with Crippen LogP contribution >= 0.6 is 0 Å². The van der Waals surface area contributed by atoms with E-state index < -0.39 is 23.4 Å². The summed E-state index contributed by atoms with van der Waals surface area (Å²) in [6, 6.07) is 11.7. The lowest BCUT2D eigenvalue weighted by Crippen LogP contribution is -2.38. The van der Waals surface area contributed by atoms with E-state index in [4.69, 9.17) is 0 Å². The first-order chi connectivity index (χ1) is 14.0. The number of carbonyl (C=O) groups is 2. The Hall–Kier alpha value is -3.02. The van der Waals surface area contributed by atoms with Gasteiger partial charge in [-0.05, 0) is 42.5 Å². The molecule has 0 aliphatic carbocycles. The number of hydrogen-bond acceptors (Lipinski definition) is 3. The first kappa shape index (κ1) is 19.3. The van der Waals surface area contributed by atoms with E-state index in [2.05, 4.69) is 6.92 Å². The van der Waals surface area contributed by atoms with Crippen molar-refractivity contribution in [3.8, 4) is 0 Å². The van der Waals surface area contributed by atoms with E-state index in [1.165, 1.54) is 30.3 Å². The van der Waals surface area contributed by atoms with Crippen molar-refractivity contribution in [2.24, 2.45) is 5.92 Å². The van der Waals surface area contributed by atoms with Crippen LogP contribution in [0, 0.1) is 17.6 Å². The van der Waals surface area contributed by atoms with E-state index >= 15 is 0 Å². The minimum atomic E-state index is -0.474. The molecule has 4 nitrogen and oxygen atoms in total. The number of nitrogens with zero attached hydrogens (tertiary/aromatic N) is 2. The Bertz CT molecular complexity index is 977. The molecule has 0 bridgehead atoms. The van der Waals surface area contributed by atoms with Crippen molar-refractivity contribution >= 4 is 17.4 Å². The highest BCUT2D eigenvalue weighted by atomic mass is 19.1. The topological polar surface area (TPSA) is 40.6 Å². The molecule has 0 atom stereocenters. The first-order valence-corrected chi connectivity index (χ1v) is 9.80. The molecule has 2 amide bonds. The molecule has 2 aromatic carbocycles. The van der Waals surface area contributed by atoms with E-state index in [0.29, 0.717) is 30.3 Å². The van der Waals surface area contributed by atoms with Crippen molar-refractivity contribution in [1.82, 2.24) is 9.80 Å². The molecule has 1 fully saturated rings. The monoisotopic (exact) mass is 396 g/mol. The zero-order valence-corrected chi connectivity index (χ0v) is 16.2. The smallest absolute Gasteiger partial charge is 0.278 e. The largest absolute Gasteiger partial charge is 0.366 e. The third-order valence-corrected chi connectivity index (χ3v) is 5.66. The van der Waals surface area contributed by atoms with Crippen LogP contribution in [-0.4, -0.2) is 34.7 Å². The molecule has 6 heteroatoms. The Balaban J connectivity index is 1.73. The Morgan fingerprint density at radius 2 is 1.59 bits per heavy atom. The van der Waals surface area contributed by atoms with Crippen molar-refractivity contribution in [3.05, 3.63) is 77.0 Å². The summed E-state index contributed by atoms with van der Waals surface area (Å²) in [4.78, 5) is 29.5. The van der Waals surface area contributed by atoms with Crippen LogP contribution in [0.3, 0.4) is 0 Å². The van der Waals surface area contributed by atoms with Crippen LogP contribution in [0.4, 0.5) is 8.78 Å². The fourth-order valence-electron chi connectivity index (χ4n) is 3.91. The maximum absolute atomic E-state index is 14.1. The van der Waals surface area contributed by atoms with Crippen LogP contribution in [0.15, 0.2) is 54.2 Å². The Labute approximate surface area is 168 Å². The number of amides is 2. The molecule has 1 saturated heterocycles. The van der Waals surface area contributed by atoms with Crippen molar-refractivity contribution in [3.63, 3.8) is 0 Å². The molecule has 0 radical (unpaired) electrons. The summed E-state index contributed by atoms with van der Waals surface area (Å²) in [5, 5.41) is 0. The summed E-state index contributed by atoms with van der Waals surface area (Å²) in [6.45, 7) is 3.38. The SMILES string of the molecule is CC1CCN(C2=C(c3ccc(F)cc3)C(=O)N(Cc3ccccc3F)C2=O)CC1. The van der Waals surface area contributed by atoms with Crippen LogP contribution in [0.25, 0.3) is 5.57 Å². The summed E-state index contributed by atoms with van der Waals surface area (Å²) in [5.74, 6) is -1.21. The summed E-state index contributed by atoms with van der Waals surface area (Å²) in [5.41, 5.74) is 1.38. The molecular formula is C23H22F2N2O2. The van der Waals surface area contributed by atoms with Gasteiger partial charge < -0.3 is 4.90 Å². The highest BCUT2D eigenvalue weighted by Crippen LogP contribution is 2.34. The summed E-state index contributed by atoms with van der Waals surface area (Å²) < 4.78 is 27.6. The number of hydrogen-bond donors (Lipinski definition) is 0. The molecule has 2 aliphatic heterocycles. The van der Waals surface area contributed by atoms with Gasteiger partial charge in [-0.1, -0.05) is 37.3 Å². The molecule has 0 aromatic heterocycles. The third-order valence-electron chi connectivity index (χ3n) is 5.66. The van der Waals surface area contributed by atoms with Gasteiger partial charge in [0.2, 0.25) is 0 Å². The zero-order valence-electron chi connectivity index (χ0n) is 16.2. The molecule has 150 valence electrons. The van der Waals surface area contributed by atoms with Gasteiger partial charge >= 0.3 is 0 Å². The molecule has 4 rings (SSSR count). The molecule has 0 N–H and O–H groups in total. The molecule has 2 heterocycles. The summed E-state index contributed by atoms with van der Waals surface area (Å²) in [6.07, 6.45) is 1.85. The molecule has 29 heavy (non-hydrogen) atoms. The number of benzene rings is 2. The third kappa shape index (κ3) is 3.67. The highest BCUT2D eigenvalue weighted by molar-refractivity contribution is 6.35. The van der Waals surface area contributed by atoms with E-state index in [0.717, 1.165) is 17.7 Å². The fraction of sp³-hybridized carbons (Fsp3) is 0.304. The molecular weight excluding hydrogens is 374 g/mol. The number of piperidine rings is 1. The van der Waals surface area contributed by atoms with E-state index in [1.807, 2.05) is 4.90 Å². The van der Waals surface area contributed by atoms with Gasteiger partial charge in [0.25, 0.3) is 11.8 Å². The molecule has 2 aliphatic rings. The number of carbonyl (C=O) groups excluding carboxylic acids is 2. The standard InChI is InChI=1S/C23H22F2N2O2/c1-15-10-12-26(13-11-15)21-20(16-6-8-18(24)9-7-16)22(28)27(23(21)29)14-17-4-2-3-5-19(17)25/h2-9,15H,10-14H2,1H3. The predicted octanol–water partition coefficient (Wildman–Crippen LogP) is 3.98. The summed E-state index contributed by atoms with van der Waals surface area (Å²) >= 11 is 0. The lowest BCUT2D eigenvalue weighted by atomic mass is 9.97. The van der Waals surface area contributed by atoms with Gasteiger partial charge in [-0.2, -0.15) is 0 Å². The average molecular weight is 396 g/mol. The second kappa shape index (κ2) is 7.78. The van der Waals surface area contributed by atoms with Gasteiger partial charge in [-0.3, -0.25) is 14.5 Å². The number of likely N-dealkylation sites (tertiary alicyclic amines) is 1. The van der Waals surface area contributed by atoms with Crippen LogP contribution in [0.2, 0.25) is 0 Å². The second-order valence-electron chi connectivity index (χ2n) is 7.69. The normalized spacial score (nSPS) is 18.2. The van der Waals surface area contributed by atoms with E-state index in [1.54, 1.807) is 18.2 Å². The number of halogens is 2. The summed E-state index contributed by atoms with van der Waals surface area (Å²) in [7, 11) is 0. The van der Waals surface area contributed by atoms with Gasteiger partial charge in [0.15, 0.2) is 0 Å². The maximum atomic E-state index is 14.1. The first-order valence-electron chi connectivity index (χ1n) is 9.80. The van der Waals surface area contributed by atoms with Crippen molar-refractivity contribution in [1.29, 1.82) is 0 Å². The van der Waals surface area contributed by atoms with Crippen LogP contribution in [-0.2, 0) is 16.1 Å². The minimum absolute atomic E-state index is 0.136. The van der Waals surface area contributed by atoms with Gasteiger partial charge in [0.1, 0.15) is 17.3 Å². The van der Waals surface area contributed by atoms with E-state index in [9.17, 15) is 18.4 Å². The van der Waals surface area contributed by atoms with Gasteiger partial charge in [0.05, 0.1) is 12.1 Å². The van der Waals surface area contributed by atoms with Crippen LogP contribution < -0.4 is 0 Å². The maximum Gasteiger partial charge on any atom is 0.278 e. The highest BCUT2D eigenvalue weighted by Gasteiger charge is 2.42. The van der Waals surface area contributed by atoms with Crippen molar-refractivity contribution < 1.29 is 18.4 Å². The zero-order chi connectivity index (χ0) is 20.5.